The van der Waals surface area contributed by atoms with Crippen LogP contribution < -0.4 is 4.57 Å². The second kappa shape index (κ2) is 5.24. The van der Waals surface area contributed by atoms with E-state index in [0.717, 1.165) is 0 Å². The van der Waals surface area contributed by atoms with Gasteiger partial charge in [-0.25, -0.2) is 14.2 Å². The lowest BCUT2D eigenvalue weighted by atomic mass is 9.96. The highest BCUT2D eigenvalue weighted by Gasteiger charge is 2.28. The van der Waals surface area contributed by atoms with Gasteiger partial charge in [0.05, 0.1) is 10.9 Å². The monoisotopic (exact) mass is 397 g/mol. The summed E-state index contributed by atoms with van der Waals surface area (Å²) in [6.07, 6.45) is 4.24. The topological polar surface area (TPSA) is 28.5 Å². The third kappa shape index (κ3) is 1.75. The van der Waals surface area contributed by atoms with E-state index in [2.05, 4.69) is 116 Å². The van der Waals surface area contributed by atoms with Crippen molar-refractivity contribution in [1.82, 2.24) is 14.2 Å². The number of para-hydroxylation sites is 1. The number of fused-ring (bicyclic) bond motifs is 3. The van der Waals surface area contributed by atoms with Crippen LogP contribution in [0.25, 0.3) is 60.1 Å². The zero-order valence-corrected chi connectivity index (χ0v) is 16.6. The summed E-state index contributed by atoms with van der Waals surface area (Å²) in [4.78, 5) is 0. The van der Waals surface area contributed by atoms with Crippen molar-refractivity contribution in [2.45, 2.75) is 0 Å². The molecule has 4 aromatic carbocycles. The zero-order chi connectivity index (χ0) is 20.1. The lowest BCUT2D eigenvalue weighted by Crippen LogP contribution is -2.29. The van der Waals surface area contributed by atoms with E-state index in [1.54, 1.807) is 0 Å². The second-order valence-corrected chi connectivity index (χ2v) is 8.26. The lowest BCUT2D eigenvalue weighted by molar-refractivity contribution is -0.536. The minimum Gasteiger partial charge on any atom is -0.248 e. The molecule has 0 amide bonds. The van der Waals surface area contributed by atoms with Gasteiger partial charge in [0.2, 0.25) is 16.7 Å². The van der Waals surface area contributed by atoms with Gasteiger partial charge in [-0.15, -0.1) is 0 Å². The van der Waals surface area contributed by atoms with Gasteiger partial charge in [0, 0.05) is 47.4 Å². The Kier molecular flexibility index (Phi) is 2.62. The van der Waals surface area contributed by atoms with Crippen LogP contribution in [0.15, 0.2) is 97.3 Å². The fourth-order valence-electron chi connectivity index (χ4n) is 5.54. The van der Waals surface area contributed by atoms with Crippen LogP contribution in [-0.2, 0) is 0 Å². The quantitative estimate of drug-likeness (QED) is 0.266. The molecule has 8 aromatic rings. The largest absolute Gasteiger partial charge is 0.248 e. The van der Waals surface area contributed by atoms with Crippen LogP contribution >= 0.6 is 0 Å². The summed E-state index contributed by atoms with van der Waals surface area (Å²) >= 11 is 0. The molecule has 31 heavy (non-hydrogen) atoms. The summed E-state index contributed by atoms with van der Waals surface area (Å²) in [6.45, 7) is 0. The number of hydrogen-bond donors (Lipinski definition) is 1. The van der Waals surface area contributed by atoms with Gasteiger partial charge in [0.15, 0.2) is 5.52 Å². The van der Waals surface area contributed by atoms with E-state index in [9.17, 15) is 0 Å². The predicted molar refractivity (Wildman–Crippen MR) is 125 cm³/mol. The van der Waals surface area contributed by atoms with Crippen LogP contribution in [0.2, 0.25) is 0 Å². The molecule has 1 N–H and O–H groups in total. The van der Waals surface area contributed by atoms with Crippen LogP contribution in [0.5, 0.6) is 0 Å². The molecular formula is C27H17N4+. The van der Waals surface area contributed by atoms with Crippen LogP contribution in [0.3, 0.4) is 0 Å². The van der Waals surface area contributed by atoms with Gasteiger partial charge in [-0.3, -0.25) is 0 Å². The third-order valence-corrected chi connectivity index (χ3v) is 6.74. The molecule has 0 aliphatic carbocycles. The summed E-state index contributed by atoms with van der Waals surface area (Å²) in [7, 11) is 0. The van der Waals surface area contributed by atoms with Crippen molar-refractivity contribution in [3.63, 3.8) is 0 Å². The average Bonchev–Trinajstić information content (AvgIpc) is 3.35. The van der Waals surface area contributed by atoms with Crippen LogP contribution in [0.4, 0.5) is 0 Å². The number of benzene rings is 4. The Balaban J connectivity index is 1.79. The number of aromatic nitrogens is 4. The summed E-state index contributed by atoms with van der Waals surface area (Å²) in [5, 5.41) is 11.4. The first kappa shape index (κ1) is 15.5. The molecule has 4 aromatic heterocycles. The SMILES string of the molecule is c1ccc(-[n+]2c3ccc4c5ccccc5c5ccn6[nH]n7cccc2c7c3c4c56)cc1. The van der Waals surface area contributed by atoms with E-state index in [1.165, 1.54) is 60.1 Å². The minimum atomic E-state index is 1.17. The van der Waals surface area contributed by atoms with Gasteiger partial charge in [0.1, 0.15) is 0 Å². The first-order chi connectivity index (χ1) is 15.4. The van der Waals surface area contributed by atoms with Crippen molar-refractivity contribution in [2.24, 2.45) is 0 Å². The van der Waals surface area contributed by atoms with E-state index in [0.29, 0.717) is 0 Å². The van der Waals surface area contributed by atoms with Crippen molar-refractivity contribution in [3.8, 4) is 5.69 Å². The normalized spacial score (nSPS) is 12.5. The van der Waals surface area contributed by atoms with Crippen molar-refractivity contribution < 1.29 is 4.57 Å². The molecule has 4 nitrogen and oxygen atoms in total. The maximum Gasteiger partial charge on any atom is 0.238 e. The number of hydrogen-bond acceptors (Lipinski definition) is 0. The highest BCUT2D eigenvalue weighted by Crippen LogP contribution is 2.41. The molecule has 0 radical (unpaired) electrons. The second-order valence-electron chi connectivity index (χ2n) is 8.26. The van der Waals surface area contributed by atoms with Crippen molar-refractivity contribution in [2.75, 3.05) is 0 Å². The van der Waals surface area contributed by atoms with Gasteiger partial charge >= 0.3 is 0 Å². The lowest BCUT2D eigenvalue weighted by Gasteiger charge is -2.07. The molecule has 0 aliphatic rings. The molecular weight excluding hydrogens is 380 g/mol. The first-order valence-corrected chi connectivity index (χ1v) is 10.6. The van der Waals surface area contributed by atoms with Gasteiger partial charge in [-0.05, 0) is 34.4 Å². The third-order valence-electron chi connectivity index (χ3n) is 6.74. The van der Waals surface area contributed by atoms with E-state index in [4.69, 9.17) is 0 Å². The fourth-order valence-corrected chi connectivity index (χ4v) is 5.54. The number of H-pyrrole nitrogens is 1. The molecule has 8 rings (SSSR count). The fraction of sp³-hybridized carbons (Fsp3) is 0. The van der Waals surface area contributed by atoms with Crippen LogP contribution in [-0.4, -0.2) is 14.2 Å². The van der Waals surface area contributed by atoms with Crippen LogP contribution in [0.1, 0.15) is 0 Å². The van der Waals surface area contributed by atoms with Crippen molar-refractivity contribution >= 4 is 54.4 Å². The van der Waals surface area contributed by atoms with Gasteiger partial charge in [0.25, 0.3) is 0 Å². The molecule has 0 atom stereocenters. The molecule has 4 heteroatoms. The van der Waals surface area contributed by atoms with E-state index in [-0.39, 0.29) is 0 Å². The molecule has 0 aliphatic heterocycles. The molecule has 0 unspecified atom stereocenters. The van der Waals surface area contributed by atoms with Crippen molar-refractivity contribution in [3.05, 3.63) is 97.3 Å². The summed E-state index contributed by atoms with van der Waals surface area (Å²) < 4.78 is 6.69. The molecule has 0 saturated heterocycles. The Labute approximate surface area is 176 Å². The highest BCUT2D eigenvalue weighted by atomic mass is 15.4. The molecule has 0 saturated carbocycles. The molecule has 0 spiro atoms. The number of rotatable bonds is 1. The molecule has 4 heterocycles. The summed E-state index contributed by atoms with van der Waals surface area (Å²) in [5.74, 6) is 0. The molecule has 144 valence electrons. The van der Waals surface area contributed by atoms with E-state index < -0.39 is 0 Å². The maximum atomic E-state index is 3.62. The van der Waals surface area contributed by atoms with E-state index >= 15 is 0 Å². The Bertz CT molecular complexity index is 1930. The van der Waals surface area contributed by atoms with E-state index in [1.807, 2.05) is 0 Å². The number of nitrogens with one attached hydrogen (secondary N) is 1. The highest BCUT2D eigenvalue weighted by molar-refractivity contribution is 6.33. The Hall–Kier alpha value is -4.31. The maximum absolute atomic E-state index is 3.62. The smallest absolute Gasteiger partial charge is 0.238 e. The minimum absolute atomic E-state index is 1.17. The first-order valence-electron chi connectivity index (χ1n) is 10.6. The standard InChI is InChI=1S/C27H17N4/c1-2-7-17(8-3-1)31-22-13-12-20-18-9-4-5-10-19(18)21-14-16-30-26(21)24(20)25(22)27-23(31)11-6-15-29(27)28-30/h1-16,28H/q+1. The Morgan fingerprint density at radius 2 is 1.29 bits per heavy atom. The predicted octanol–water partition coefficient (Wildman–Crippen LogP) is 5.85. The number of aromatic amines is 1. The van der Waals surface area contributed by atoms with Gasteiger partial charge in [-0.2, -0.15) is 4.57 Å². The number of nitrogens with zero attached hydrogens (tertiary/aromatic N) is 3. The Morgan fingerprint density at radius 3 is 2.16 bits per heavy atom. The van der Waals surface area contributed by atoms with Crippen LogP contribution in [0, 0.1) is 0 Å². The zero-order valence-electron chi connectivity index (χ0n) is 16.6. The summed E-state index contributed by atoms with van der Waals surface area (Å²) in [5.41, 5.74) is 6.02. The number of pyridine rings is 1. The molecule has 0 fully saturated rings. The molecule has 0 bridgehead atoms. The summed E-state index contributed by atoms with van der Waals surface area (Å²) in [6, 6.07) is 30.5. The van der Waals surface area contributed by atoms with Crippen molar-refractivity contribution in [1.29, 1.82) is 0 Å². The Morgan fingerprint density at radius 1 is 0.516 bits per heavy atom. The van der Waals surface area contributed by atoms with Gasteiger partial charge in [-0.1, -0.05) is 42.5 Å². The average molecular weight is 397 g/mol. The van der Waals surface area contributed by atoms with Gasteiger partial charge < -0.3 is 0 Å².